The Balaban J connectivity index is 0.971. The summed E-state index contributed by atoms with van der Waals surface area (Å²) in [6, 6.07) is 8.04. The monoisotopic (exact) mass is 628 g/mol. The number of phenolic OH excluding ortho intramolecular Hbond substituents is 1. The van der Waals surface area contributed by atoms with Crippen LogP contribution in [0.5, 0.6) is 23.0 Å². The highest BCUT2D eigenvalue weighted by molar-refractivity contribution is 5.66. The summed E-state index contributed by atoms with van der Waals surface area (Å²) in [5.41, 5.74) is 2.35. The summed E-state index contributed by atoms with van der Waals surface area (Å²) in [4.78, 5) is 18.5. The van der Waals surface area contributed by atoms with E-state index in [-0.39, 0.29) is 23.1 Å². The van der Waals surface area contributed by atoms with Gasteiger partial charge in [-0.15, -0.1) is 0 Å². The Morgan fingerprint density at radius 3 is 2.54 bits per heavy atom. The first kappa shape index (κ1) is 27.6. The van der Waals surface area contributed by atoms with Gasteiger partial charge in [0.15, 0.2) is 29.1 Å². The van der Waals surface area contributed by atoms with Crippen LogP contribution < -0.4 is 14.2 Å². The molecule has 0 aromatic heterocycles. The van der Waals surface area contributed by atoms with E-state index in [0.717, 1.165) is 49.0 Å². The molecule has 3 fully saturated rings. The highest BCUT2D eigenvalue weighted by Gasteiger charge is 2.73. The van der Waals surface area contributed by atoms with Crippen LogP contribution in [0.25, 0.3) is 0 Å². The van der Waals surface area contributed by atoms with E-state index < -0.39 is 41.6 Å². The number of ether oxygens (including phenoxy) is 5. The number of likely N-dealkylation sites (N-methyl/N-ethyl adjacent to an activating group) is 2. The lowest BCUT2D eigenvalue weighted by Crippen LogP contribution is -2.76. The fraction of sp³-hybridized carbons (Fsp3) is 0.583. The molecule has 8 aliphatic rings. The maximum atomic E-state index is 13.8. The fourth-order valence-electron chi connectivity index (χ4n) is 11.6. The molecular formula is C36H40N2O8. The molecule has 0 amide bonds. The molecule has 4 aliphatic heterocycles. The molecule has 4 heterocycles. The molecule has 4 aliphatic carbocycles. The lowest BCUT2D eigenvalue weighted by atomic mass is 9.48. The van der Waals surface area contributed by atoms with Crippen molar-refractivity contribution in [1.82, 2.24) is 9.80 Å². The van der Waals surface area contributed by atoms with E-state index in [2.05, 4.69) is 36.0 Å². The fourth-order valence-corrected chi connectivity index (χ4v) is 11.6. The Bertz CT molecular complexity index is 1730. The van der Waals surface area contributed by atoms with Gasteiger partial charge in [0.25, 0.3) is 0 Å². The third kappa shape index (κ3) is 3.03. The van der Waals surface area contributed by atoms with Crippen LogP contribution in [0.3, 0.4) is 0 Å². The lowest BCUT2D eigenvalue weighted by Gasteiger charge is -2.63. The molecule has 2 spiro atoms. The summed E-state index contributed by atoms with van der Waals surface area (Å²) in [6.45, 7) is 1.70. The normalized spacial score (nSPS) is 42.0. The van der Waals surface area contributed by atoms with Crippen molar-refractivity contribution < 1.29 is 38.7 Å². The van der Waals surface area contributed by atoms with Crippen LogP contribution in [-0.2, 0) is 33.1 Å². The Morgan fingerprint density at radius 1 is 0.913 bits per heavy atom. The van der Waals surface area contributed by atoms with Crippen LogP contribution in [0.2, 0.25) is 0 Å². The van der Waals surface area contributed by atoms with Gasteiger partial charge in [0.1, 0.15) is 18.3 Å². The molecule has 2 N–H and O–H groups in total. The maximum Gasteiger partial charge on any atom is 0.509 e. The highest BCUT2D eigenvalue weighted by Crippen LogP contribution is 2.66. The molecule has 10 heteroatoms. The number of likely N-dealkylation sites (tertiary alicyclic amines) is 2. The average molecular weight is 629 g/mol. The predicted molar refractivity (Wildman–Crippen MR) is 165 cm³/mol. The van der Waals surface area contributed by atoms with Crippen molar-refractivity contribution >= 4 is 6.16 Å². The number of aromatic hydroxyl groups is 1. The third-order valence-electron chi connectivity index (χ3n) is 13.5. The number of carbonyl (C=O) groups is 1. The van der Waals surface area contributed by atoms with Gasteiger partial charge in [-0.2, -0.15) is 0 Å². The molecule has 0 radical (unpaired) electrons. The van der Waals surface area contributed by atoms with E-state index in [1.165, 1.54) is 5.56 Å². The van der Waals surface area contributed by atoms with Gasteiger partial charge in [-0.1, -0.05) is 18.2 Å². The van der Waals surface area contributed by atoms with Gasteiger partial charge < -0.3 is 43.7 Å². The summed E-state index contributed by atoms with van der Waals surface area (Å²) < 4.78 is 31.4. The van der Waals surface area contributed by atoms with Crippen LogP contribution in [0.1, 0.15) is 47.9 Å². The zero-order chi connectivity index (χ0) is 31.3. The third-order valence-corrected chi connectivity index (χ3v) is 13.5. The molecule has 10 atom stereocenters. The van der Waals surface area contributed by atoms with Gasteiger partial charge >= 0.3 is 6.16 Å². The topological polar surface area (TPSA) is 110 Å². The summed E-state index contributed by atoms with van der Waals surface area (Å²) >= 11 is 0. The predicted octanol–water partition coefficient (Wildman–Crippen LogP) is 3.22. The molecule has 10 nitrogen and oxygen atoms in total. The molecule has 4 bridgehead atoms. The first-order chi connectivity index (χ1) is 22.2. The van der Waals surface area contributed by atoms with Gasteiger partial charge in [-0.3, -0.25) is 0 Å². The van der Waals surface area contributed by atoms with Gasteiger partial charge in [-0.25, -0.2) is 4.79 Å². The SMILES string of the molecule is COc1ccc2c3c1OC1C(OC(=O)O[C@H]4C=CC5C6Cc7ccc(O)c8c7[C@@]5(CCN6C)C4O8)CC[C@@]4(O)C(C2)N(C)CC[C@]314. The number of carbonyl (C=O) groups excluding carboxylic acids is 1. The number of hydrogen-bond donors (Lipinski definition) is 2. The molecule has 46 heavy (non-hydrogen) atoms. The van der Waals surface area contributed by atoms with Crippen LogP contribution >= 0.6 is 0 Å². The van der Waals surface area contributed by atoms with E-state index >= 15 is 0 Å². The van der Waals surface area contributed by atoms with Gasteiger partial charge in [-0.05, 0) is 95.0 Å². The van der Waals surface area contributed by atoms with Crippen molar-refractivity contribution in [1.29, 1.82) is 0 Å². The molecule has 10 rings (SSSR count). The summed E-state index contributed by atoms with van der Waals surface area (Å²) in [7, 11) is 5.89. The van der Waals surface area contributed by atoms with Gasteiger partial charge in [0.05, 0.1) is 18.1 Å². The molecule has 2 aromatic rings. The smallest absolute Gasteiger partial charge is 0.504 e. The number of benzene rings is 2. The van der Waals surface area contributed by atoms with Crippen molar-refractivity contribution in [2.75, 3.05) is 34.3 Å². The summed E-state index contributed by atoms with van der Waals surface area (Å²) in [5.74, 6) is 2.15. The van der Waals surface area contributed by atoms with Crippen LogP contribution in [0.15, 0.2) is 36.4 Å². The Kier molecular flexibility index (Phi) is 5.35. The van der Waals surface area contributed by atoms with E-state index in [0.29, 0.717) is 42.6 Å². The Morgan fingerprint density at radius 2 is 1.70 bits per heavy atom. The first-order valence-electron chi connectivity index (χ1n) is 16.8. The van der Waals surface area contributed by atoms with Crippen molar-refractivity contribution in [3.63, 3.8) is 0 Å². The van der Waals surface area contributed by atoms with E-state index in [4.69, 9.17) is 23.7 Å². The highest BCUT2D eigenvalue weighted by atomic mass is 16.7. The largest absolute Gasteiger partial charge is 0.509 e. The number of piperidine rings is 2. The number of rotatable bonds is 3. The molecular weight excluding hydrogens is 588 g/mol. The average Bonchev–Trinajstić information content (AvgIpc) is 3.58. The minimum absolute atomic E-state index is 0.0528. The molecule has 6 unspecified atom stereocenters. The summed E-state index contributed by atoms with van der Waals surface area (Å²) in [6.07, 6.45) is 5.16. The summed E-state index contributed by atoms with van der Waals surface area (Å²) in [5, 5.41) is 23.4. The zero-order valence-electron chi connectivity index (χ0n) is 26.4. The second-order valence-corrected chi connectivity index (χ2v) is 15.0. The van der Waals surface area contributed by atoms with Gasteiger partial charge in [0.2, 0.25) is 0 Å². The Labute approximate surface area is 267 Å². The quantitative estimate of drug-likeness (QED) is 0.389. The second kappa shape index (κ2) is 8.90. The number of phenols is 1. The number of nitrogens with zero attached hydrogens (tertiary/aromatic N) is 2. The molecule has 242 valence electrons. The molecule has 2 aromatic carbocycles. The zero-order valence-corrected chi connectivity index (χ0v) is 26.4. The van der Waals surface area contributed by atoms with E-state index in [9.17, 15) is 15.0 Å². The number of methoxy groups -OCH3 is 1. The Hall–Kier alpha value is -3.47. The van der Waals surface area contributed by atoms with Crippen LogP contribution in [0, 0.1) is 5.92 Å². The number of aliphatic hydroxyl groups is 1. The van der Waals surface area contributed by atoms with Crippen molar-refractivity contribution in [3.05, 3.63) is 58.7 Å². The number of hydrogen-bond acceptors (Lipinski definition) is 10. The van der Waals surface area contributed by atoms with Crippen LogP contribution in [-0.4, -0.2) is 103 Å². The standard InChI is InChI=1S/C36H40N2O8/c1-37-14-12-34-20-6-9-24(31(34)45-29-22(39)7-4-18(27(29)34)16-21(20)37)43-33(40)44-25-10-11-36(41)26-17-19-5-8-23(42-3)30-28(19)35(36,32(25)46-30)13-15-38(26)2/h4-9,20-21,24-26,31-32,39,41H,10-17H2,1-3H3/t20?,21?,24-,25?,26?,31?,32?,34-,35-,36+/m0/s1. The van der Waals surface area contributed by atoms with E-state index in [1.54, 1.807) is 13.2 Å². The minimum Gasteiger partial charge on any atom is -0.504 e. The lowest BCUT2D eigenvalue weighted by molar-refractivity contribution is -0.207. The van der Waals surface area contributed by atoms with E-state index in [1.807, 2.05) is 18.2 Å². The molecule has 1 saturated carbocycles. The van der Waals surface area contributed by atoms with Crippen LogP contribution in [0.4, 0.5) is 4.79 Å². The van der Waals surface area contributed by atoms with Crippen molar-refractivity contribution in [2.24, 2.45) is 5.92 Å². The minimum atomic E-state index is -1.02. The second-order valence-electron chi connectivity index (χ2n) is 15.0. The molecule has 2 saturated heterocycles. The van der Waals surface area contributed by atoms with Crippen molar-refractivity contribution in [2.45, 2.75) is 91.5 Å². The maximum absolute atomic E-state index is 13.8. The van der Waals surface area contributed by atoms with Gasteiger partial charge in [0, 0.05) is 34.5 Å². The first-order valence-corrected chi connectivity index (χ1v) is 16.8. The van der Waals surface area contributed by atoms with Crippen molar-refractivity contribution in [3.8, 4) is 23.0 Å².